The minimum Gasteiger partial charge on any atom is -0.478 e. The summed E-state index contributed by atoms with van der Waals surface area (Å²) in [6, 6.07) is 6.96. The van der Waals surface area contributed by atoms with Crippen molar-refractivity contribution in [2.45, 2.75) is 19.8 Å². The number of carbonyl (C=O) groups is 1. The highest BCUT2D eigenvalue weighted by molar-refractivity contribution is 7.13. The molecule has 0 atom stereocenters. The van der Waals surface area contributed by atoms with Crippen molar-refractivity contribution in [1.82, 2.24) is 4.98 Å². The molecule has 0 radical (unpaired) electrons. The molecule has 0 saturated carbocycles. The van der Waals surface area contributed by atoms with Gasteiger partial charge < -0.3 is 5.11 Å². The molecule has 1 aromatic heterocycles. The van der Waals surface area contributed by atoms with Gasteiger partial charge in [-0.25, -0.2) is 9.78 Å². The maximum absolute atomic E-state index is 11.1. The molecule has 0 spiro atoms. The molecular formula is C13H13NO2S. The Morgan fingerprint density at radius 3 is 2.65 bits per heavy atom. The zero-order valence-electron chi connectivity index (χ0n) is 9.68. The van der Waals surface area contributed by atoms with E-state index in [9.17, 15) is 4.79 Å². The molecule has 0 bridgehead atoms. The van der Waals surface area contributed by atoms with E-state index in [4.69, 9.17) is 5.11 Å². The van der Waals surface area contributed by atoms with Crippen molar-refractivity contribution in [3.63, 3.8) is 0 Å². The lowest BCUT2D eigenvalue weighted by atomic mass is 10.1. The van der Waals surface area contributed by atoms with Gasteiger partial charge in [-0.15, -0.1) is 11.3 Å². The van der Waals surface area contributed by atoms with E-state index in [2.05, 4.69) is 18.8 Å². The first-order valence-electron chi connectivity index (χ1n) is 5.37. The largest absolute Gasteiger partial charge is 0.478 e. The molecule has 1 aromatic carbocycles. The standard InChI is InChI=1S/C13H13NO2S/c1-8(2)11-7-17-12(14-11)9-5-3-4-6-10(9)13(15)16/h3-8H,1-2H3,(H,15,16). The van der Waals surface area contributed by atoms with Crippen molar-refractivity contribution >= 4 is 17.3 Å². The van der Waals surface area contributed by atoms with Crippen molar-refractivity contribution in [2.24, 2.45) is 0 Å². The Balaban J connectivity index is 2.49. The number of aromatic nitrogens is 1. The summed E-state index contributed by atoms with van der Waals surface area (Å²) >= 11 is 1.49. The molecule has 4 heteroatoms. The molecule has 17 heavy (non-hydrogen) atoms. The molecule has 0 aliphatic heterocycles. The van der Waals surface area contributed by atoms with Crippen LogP contribution in [0, 0.1) is 0 Å². The lowest BCUT2D eigenvalue weighted by Crippen LogP contribution is -1.99. The number of rotatable bonds is 3. The summed E-state index contributed by atoms with van der Waals surface area (Å²) in [5.74, 6) is -0.557. The summed E-state index contributed by atoms with van der Waals surface area (Å²) in [4.78, 5) is 15.6. The fourth-order valence-corrected chi connectivity index (χ4v) is 2.55. The smallest absolute Gasteiger partial charge is 0.336 e. The van der Waals surface area contributed by atoms with E-state index in [0.717, 1.165) is 10.7 Å². The molecule has 0 aliphatic carbocycles. The zero-order valence-corrected chi connectivity index (χ0v) is 10.5. The zero-order chi connectivity index (χ0) is 12.4. The van der Waals surface area contributed by atoms with Crippen LogP contribution < -0.4 is 0 Å². The van der Waals surface area contributed by atoms with Gasteiger partial charge in [0.15, 0.2) is 0 Å². The number of carboxylic acids is 1. The summed E-state index contributed by atoms with van der Waals surface area (Å²) in [6.45, 7) is 4.14. The van der Waals surface area contributed by atoms with Crippen LogP contribution >= 0.6 is 11.3 Å². The average Bonchev–Trinajstić information content (AvgIpc) is 2.78. The molecule has 0 amide bonds. The van der Waals surface area contributed by atoms with Gasteiger partial charge in [0.05, 0.1) is 11.3 Å². The normalized spacial score (nSPS) is 10.8. The molecule has 1 heterocycles. The van der Waals surface area contributed by atoms with Gasteiger partial charge in [0.25, 0.3) is 0 Å². The SMILES string of the molecule is CC(C)c1csc(-c2ccccc2C(=O)O)n1. The van der Waals surface area contributed by atoms with E-state index < -0.39 is 5.97 Å². The molecule has 0 aliphatic rings. The number of thiazole rings is 1. The molecule has 0 unspecified atom stereocenters. The molecular weight excluding hydrogens is 234 g/mol. The first kappa shape index (κ1) is 11.8. The summed E-state index contributed by atoms with van der Waals surface area (Å²) in [5.41, 5.74) is 2.00. The van der Waals surface area contributed by atoms with Crippen LogP contribution in [0.4, 0.5) is 0 Å². The van der Waals surface area contributed by atoms with Crippen LogP contribution in [0.15, 0.2) is 29.6 Å². The van der Waals surface area contributed by atoms with E-state index >= 15 is 0 Å². The number of hydrogen-bond acceptors (Lipinski definition) is 3. The third-order valence-corrected chi connectivity index (χ3v) is 3.40. The molecule has 3 nitrogen and oxygen atoms in total. The predicted molar refractivity (Wildman–Crippen MR) is 68.6 cm³/mol. The highest BCUT2D eigenvalue weighted by atomic mass is 32.1. The monoisotopic (exact) mass is 247 g/mol. The summed E-state index contributed by atoms with van der Waals surface area (Å²) in [5, 5.41) is 11.9. The van der Waals surface area contributed by atoms with Gasteiger partial charge in [-0.2, -0.15) is 0 Å². The quantitative estimate of drug-likeness (QED) is 0.901. The van der Waals surface area contributed by atoms with Gasteiger partial charge >= 0.3 is 5.97 Å². The minimum absolute atomic E-state index is 0.303. The van der Waals surface area contributed by atoms with Crippen LogP contribution in [0.5, 0.6) is 0 Å². The molecule has 88 valence electrons. The van der Waals surface area contributed by atoms with Crippen molar-refractivity contribution < 1.29 is 9.90 Å². The maximum atomic E-state index is 11.1. The lowest BCUT2D eigenvalue weighted by Gasteiger charge is -2.02. The van der Waals surface area contributed by atoms with Gasteiger partial charge in [-0.1, -0.05) is 32.0 Å². The molecule has 0 saturated heterocycles. The van der Waals surface area contributed by atoms with Gasteiger partial charge in [-0.05, 0) is 12.0 Å². The van der Waals surface area contributed by atoms with Crippen molar-refractivity contribution in [1.29, 1.82) is 0 Å². The second-order valence-electron chi connectivity index (χ2n) is 4.08. The van der Waals surface area contributed by atoms with Crippen molar-refractivity contribution in [3.8, 4) is 10.6 Å². The Morgan fingerprint density at radius 1 is 1.35 bits per heavy atom. The van der Waals surface area contributed by atoms with Crippen LogP contribution in [0.2, 0.25) is 0 Å². The van der Waals surface area contributed by atoms with E-state index in [-0.39, 0.29) is 0 Å². The molecule has 0 fully saturated rings. The first-order valence-corrected chi connectivity index (χ1v) is 6.25. The predicted octanol–water partition coefficient (Wildman–Crippen LogP) is 3.63. The summed E-state index contributed by atoms with van der Waals surface area (Å²) in [6.07, 6.45) is 0. The lowest BCUT2D eigenvalue weighted by molar-refractivity contribution is 0.0697. The first-order chi connectivity index (χ1) is 8.09. The molecule has 1 N–H and O–H groups in total. The van der Waals surface area contributed by atoms with Gasteiger partial charge in [0.1, 0.15) is 5.01 Å². The Hall–Kier alpha value is -1.68. The van der Waals surface area contributed by atoms with Gasteiger partial charge in [-0.3, -0.25) is 0 Å². The van der Waals surface area contributed by atoms with E-state index in [1.807, 2.05) is 11.4 Å². The fourth-order valence-electron chi connectivity index (χ4n) is 1.53. The number of nitrogens with zero attached hydrogens (tertiary/aromatic N) is 1. The van der Waals surface area contributed by atoms with Gasteiger partial charge in [0, 0.05) is 10.9 Å². The summed E-state index contributed by atoms with van der Waals surface area (Å²) < 4.78 is 0. The Bertz CT molecular complexity index is 546. The van der Waals surface area contributed by atoms with Crippen molar-refractivity contribution in [2.75, 3.05) is 0 Å². The number of hydrogen-bond donors (Lipinski definition) is 1. The average molecular weight is 247 g/mol. The summed E-state index contributed by atoms with van der Waals surface area (Å²) in [7, 11) is 0. The molecule has 2 rings (SSSR count). The fraction of sp³-hybridized carbons (Fsp3) is 0.231. The maximum Gasteiger partial charge on any atom is 0.336 e. The number of benzene rings is 1. The van der Waals surface area contributed by atoms with E-state index in [1.54, 1.807) is 18.2 Å². The Morgan fingerprint density at radius 2 is 2.06 bits per heavy atom. The van der Waals surface area contributed by atoms with Gasteiger partial charge in [0.2, 0.25) is 0 Å². The van der Waals surface area contributed by atoms with Crippen LogP contribution in [-0.4, -0.2) is 16.1 Å². The highest BCUT2D eigenvalue weighted by Crippen LogP contribution is 2.29. The van der Waals surface area contributed by atoms with Crippen molar-refractivity contribution in [3.05, 3.63) is 40.9 Å². The highest BCUT2D eigenvalue weighted by Gasteiger charge is 2.14. The minimum atomic E-state index is -0.915. The Labute approximate surface area is 104 Å². The number of aromatic carboxylic acids is 1. The topological polar surface area (TPSA) is 50.2 Å². The van der Waals surface area contributed by atoms with Crippen LogP contribution in [-0.2, 0) is 0 Å². The van der Waals surface area contributed by atoms with Crippen LogP contribution in [0.25, 0.3) is 10.6 Å². The second-order valence-corrected chi connectivity index (χ2v) is 4.94. The second kappa shape index (κ2) is 4.67. The Kier molecular flexibility index (Phi) is 3.24. The van der Waals surface area contributed by atoms with Crippen LogP contribution in [0.3, 0.4) is 0 Å². The third-order valence-electron chi connectivity index (χ3n) is 2.50. The number of carboxylic acid groups (broad SMARTS) is 1. The van der Waals surface area contributed by atoms with Crippen LogP contribution in [0.1, 0.15) is 35.8 Å². The van der Waals surface area contributed by atoms with E-state index in [0.29, 0.717) is 17.0 Å². The molecule has 2 aromatic rings. The third kappa shape index (κ3) is 2.36. The van der Waals surface area contributed by atoms with E-state index in [1.165, 1.54) is 11.3 Å².